The van der Waals surface area contributed by atoms with Gasteiger partial charge in [0.1, 0.15) is 0 Å². The lowest BCUT2D eigenvalue weighted by atomic mass is 10.1. The van der Waals surface area contributed by atoms with Crippen molar-refractivity contribution >= 4 is 0 Å². The molecule has 17 heavy (non-hydrogen) atoms. The summed E-state index contributed by atoms with van der Waals surface area (Å²) in [6.45, 7) is 6.91. The van der Waals surface area contributed by atoms with Crippen LogP contribution in [0.15, 0.2) is 23.3 Å². The zero-order valence-corrected chi connectivity index (χ0v) is 12.0. The van der Waals surface area contributed by atoms with Gasteiger partial charge in [-0.05, 0) is 52.9 Å². The van der Waals surface area contributed by atoms with Crippen molar-refractivity contribution in [2.24, 2.45) is 0 Å². The van der Waals surface area contributed by atoms with Gasteiger partial charge in [-0.2, -0.15) is 0 Å². The summed E-state index contributed by atoms with van der Waals surface area (Å²) in [6.07, 6.45) is 14.3. The number of aliphatic hydroxyl groups is 1. The van der Waals surface area contributed by atoms with E-state index in [1.54, 1.807) is 0 Å². The maximum atomic E-state index is 8.65. The van der Waals surface area contributed by atoms with Crippen LogP contribution in [0.5, 0.6) is 0 Å². The summed E-state index contributed by atoms with van der Waals surface area (Å²) in [5.41, 5.74) is 2.94. The predicted octanol–water partition coefficient (Wildman–Crippen LogP) is 5.01. The average molecular weight is 238 g/mol. The molecule has 0 spiro atoms. The van der Waals surface area contributed by atoms with E-state index in [0.29, 0.717) is 6.61 Å². The SMILES string of the molecule is CC(C)=CCC/C(C)=C/CCCCCCCO. The second kappa shape index (κ2) is 11.9. The molecule has 1 heteroatoms. The van der Waals surface area contributed by atoms with Crippen LogP contribution < -0.4 is 0 Å². The van der Waals surface area contributed by atoms with E-state index in [1.165, 1.54) is 56.1 Å². The molecule has 1 N–H and O–H groups in total. The van der Waals surface area contributed by atoms with E-state index in [4.69, 9.17) is 5.11 Å². The van der Waals surface area contributed by atoms with Gasteiger partial charge < -0.3 is 5.11 Å². The van der Waals surface area contributed by atoms with Crippen molar-refractivity contribution in [1.82, 2.24) is 0 Å². The van der Waals surface area contributed by atoms with Gasteiger partial charge in [-0.3, -0.25) is 0 Å². The molecule has 0 aromatic carbocycles. The fraction of sp³-hybridized carbons (Fsp3) is 0.750. The lowest BCUT2D eigenvalue weighted by molar-refractivity contribution is 0.282. The van der Waals surface area contributed by atoms with Gasteiger partial charge in [-0.25, -0.2) is 0 Å². The number of rotatable bonds is 10. The molecule has 0 saturated carbocycles. The van der Waals surface area contributed by atoms with E-state index >= 15 is 0 Å². The molecule has 0 radical (unpaired) electrons. The predicted molar refractivity (Wildman–Crippen MR) is 77.2 cm³/mol. The van der Waals surface area contributed by atoms with Crippen molar-refractivity contribution < 1.29 is 5.11 Å². The van der Waals surface area contributed by atoms with Crippen LogP contribution in [0, 0.1) is 0 Å². The molecule has 0 amide bonds. The molecule has 0 fully saturated rings. The number of hydrogen-bond acceptors (Lipinski definition) is 1. The monoisotopic (exact) mass is 238 g/mol. The molecule has 0 aromatic rings. The maximum absolute atomic E-state index is 8.65. The van der Waals surface area contributed by atoms with E-state index in [0.717, 1.165) is 6.42 Å². The van der Waals surface area contributed by atoms with E-state index in [-0.39, 0.29) is 0 Å². The van der Waals surface area contributed by atoms with E-state index in [2.05, 4.69) is 32.9 Å². The molecule has 0 atom stereocenters. The summed E-state index contributed by atoms with van der Waals surface area (Å²) in [7, 11) is 0. The Balaban J connectivity index is 3.40. The highest BCUT2D eigenvalue weighted by molar-refractivity contribution is 5.01. The Kier molecular flexibility index (Phi) is 11.5. The average Bonchev–Trinajstić information content (AvgIpc) is 2.27. The highest BCUT2D eigenvalue weighted by Gasteiger charge is 1.91. The van der Waals surface area contributed by atoms with Crippen LogP contribution in [-0.2, 0) is 0 Å². The number of hydrogen-bond donors (Lipinski definition) is 1. The second-order valence-corrected chi connectivity index (χ2v) is 5.15. The van der Waals surface area contributed by atoms with Gasteiger partial charge in [0.05, 0.1) is 0 Å². The van der Waals surface area contributed by atoms with Crippen LogP contribution >= 0.6 is 0 Å². The molecule has 1 nitrogen and oxygen atoms in total. The van der Waals surface area contributed by atoms with Gasteiger partial charge in [-0.1, -0.05) is 42.6 Å². The molecule has 0 saturated heterocycles. The molecule has 0 aromatic heterocycles. The Morgan fingerprint density at radius 1 is 0.824 bits per heavy atom. The smallest absolute Gasteiger partial charge is 0.0431 e. The van der Waals surface area contributed by atoms with Crippen molar-refractivity contribution in [3.05, 3.63) is 23.3 Å². The van der Waals surface area contributed by atoms with Crippen molar-refractivity contribution in [3.63, 3.8) is 0 Å². The molecule has 0 aliphatic rings. The first-order chi connectivity index (χ1) is 8.16. The van der Waals surface area contributed by atoms with E-state index in [1.807, 2.05) is 0 Å². The normalized spacial score (nSPS) is 11.6. The summed E-state index contributed by atoms with van der Waals surface area (Å²) in [4.78, 5) is 0. The van der Waals surface area contributed by atoms with Crippen LogP contribution in [0.25, 0.3) is 0 Å². The fourth-order valence-corrected chi connectivity index (χ4v) is 1.83. The summed E-state index contributed by atoms with van der Waals surface area (Å²) < 4.78 is 0. The van der Waals surface area contributed by atoms with Gasteiger partial charge in [0, 0.05) is 6.61 Å². The Hall–Kier alpha value is -0.560. The third-order valence-electron chi connectivity index (χ3n) is 2.95. The summed E-state index contributed by atoms with van der Waals surface area (Å²) in [5, 5.41) is 8.65. The van der Waals surface area contributed by atoms with Crippen molar-refractivity contribution in [2.75, 3.05) is 6.61 Å². The molecule has 0 rings (SSSR count). The Bertz CT molecular complexity index is 222. The van der Waals surface area contributed by atoms with Crippen LogP contribution in [0.1, 0.15) is 72.1 Å². The van der Waals surface area contributed by atoms with Crippen LogP contribution in [0.3, 0.4) is 0 Å². The standard InChI is InChI=1S/C16H30O/c1-15(2)11-10-13-16(3)12-8-6-4-5-7-9-14-17/h11-12,17H,4-10,13-14H2,1-3H3/b16-12+. The summed E-state index contributed by atoms with van der Waals surface area (Å²) in [5.74, 6) is 0. The molecule has 0 heterocycles. The topological polar surface area (TPSA) is 20.2 Å². The quantitative estimate of drug-likeness (QED) is 0.419. The van der Waals surface area contributed by atoms with Gasteiger partial charge in [0.25, 0.3) is 0 Å². The molecule has 0 unspecified atom stereocenters. The first kappa shape index (κ1) is 16.4. The van der Waals surface area contributed by atoms with Gasteiger partial charge in [0.2, 0.25) is 0 Å². The van der Waals surface area contributed by atoms with E-state index in [9.17, 15) is 0 Å². The largest absolute Gasteiger partial charge is 0.396 e. The van der Waals surface area contributed by atoms with Gasteiger partial charge in [0.15, 0.2) is 0 Å². The van der Waals surface area contributed by atoms with Crippen molar-refractivity contribution in [3.8, 4) is 0 Å². The Morgan fingerprint density at radius 2 is 1.47 bits per heavy atom. The lowest BCUT2D eigenvalue weighted by Crippen LogP contribution is -1.83. The number of aliphatic hydroxyl groups excluding tert-OH is 1. The molecule has 0 bridgehead atoms. The fourth-order valence-electron chi connectivity index (χ4n) is 1.83. The van der Waals surface area contributed by atoms with E-state index < -0.39 is 0 Å². The summed E-state index contributed by atoms with van der Waals surface area (Å²) in [6, 6.07) is 0. The molecule has 0 aliphatic heterocycles. The second-order valence-electron chi connectivity index (χ2n) is 5.15. The summed E-state index contributed by atoms with van der Waals surface area (Å²) >= 11 is 0. The minimum atomic E-state index is 0.351. The third kappa shape index (κ3) is 13.4. The highest BCUT2D eigenvalue weighted by atomic mass is 16.2. The van der Waals surface area contributed by atoms with Crippen LogP contribution in [0.4, 0.5) is 0 Å². The molecular weight excluding hydrogens is 208 g/mol. The van der Waals surface area contributed by atoms with Crippen molar-refractivity contribution in [1.29, 1.82) is 0 Å². The third-order valence-corrected chi connectivity index (χ3v) is 2.95. The Morgan fingerprint density at radius 3 is 2.12 bits per heavy atom. The first-order valence-electron chi connectivity index (χ1n) is 7.06. The van der Waals surface area contributed by atoms with Gasteiger partial charge >= 0.3 is 0 Å². The van der Waals surface area contributed by atoms with Gasteiger partial charge in [-0.15, -0.1) is 0 Å². The highest BCUT2D eigenvalue weighted by Crippen LogP contribution is 2.11. The van der Waals surface area contributed by atoms with Crippen LogP contribution in [0.2, 0.25) is 0 Å². The molecule has 100 valence electrons. The zero-order chi connectivity index (χ0) is 12.9. The number of allylic oxidation sites excluding steroid dienone is 4. The zero-order valence-electron chi connectivity index (χ0n) is 12.0. The molecule has 0 aliphatic carbocycles. The molecular formula is C16H30O. The Labute approximate surface area is 108 Å². The van der Waals surface area contributed by atoms with Crippen LogP contribution in [-0.4, -0.2) is 11.7 Å². The maximum Gasteiger partial charge on any atom is 0.0431 e. The van der Waals surface area contributed by atoms with Crippen molar-refractivity contribution in [2.45, 2.75) is 72.1 Å². The minimum absolute atomic E-state index is 0.351. The lowest BCUT2D eigenvalue weighted by Gasteiger charge is -2.00. The minimum Gasteiger partial charge on any atom is -0.396 e. The first-order valence-corrected chi connectivity index (χ1v) is 7.06. The number of unbranched alkanes of at least 4 members (excludes halogenated alkanes) is 5.